The minimum atomic E-state index is -0.134. The van der Waals surface area contributed by atoms with Crippen LogP contribution in [0, 0.1) is 0 Å². The smallest absolute Gasteiger partial charge is 0.272 e. The Bertz CT molecular complexity index is 567. The summed E-state index contributed by atoms with van der Waals surface area (Å²) in [5, 5.41) is 0.512. The predicted molar refractivity (Wildman–Crippen MR) is 81.2 cm³/mol. The van der Waals surface area contributed by atoms with Crippen molar-refractivity contribution < 1.29 is 9.21 Å². The number of furan rings is 1. The molecular formula is C15H18ClN3O2. The van der Waals surface area contributed by atoms with E-state index in [4.69, 9.17) is 16.0 Å². The lowest BCUT2D eigenvalue weighted by molar-refractivity contribution is 0.0714. The second-order valence-electron chi connectivity index (χ2n) is 4.97. The molecule has 6 heteroatoms. The Morgan fingerprint density at radius 3 is 2.67 bits per heavy atom. The van der Waals surface area contributed by atoms with E-state index in [1.54, 1.807) is 23.3 Å². The third-order valence-corrected chi connectivity index (χ3v) is 3.20. The van der Waals surface area contributed by atoms with Gasteiger partial charge in [0.05, 0.1) is 17.8 Å². The van der Waals surface area contributed by atoms with E-state index in [0.29, 0.717) is 23.8 Å². The van der Waals surface area contributed by atoms with Gasteiger partial charge in [0.1, 0.15) is 11.5 Å². The number of halogens is 1. The predicted octanol–water partition coefficient (Wildman–Crippen LogP) is 2.53. The Hall–Kier alpha value is -1.85. The molecule has 0 aliphatic heterocycles. The summed E-state index contributed by atoms with van der Waals surface area (Å²) in [6, 6.07) is 6.96. The maximum atomic E-state index is 12.6. The summed E-state index contributed by atoms with van der Waals surface area (Å²) < 4.78 is 5.33. The quantitative estimate of drug-likeness (QED) is 0.823. The fraction of sp³-hybridized carbons (Fsp3) is 0.333. The molecule has 0 radical (unpaired) electrons. The number of nitrogens with zero attached hydrogens (tertiary/aromatic N) is 3. The molecule has 21 heavy (non-hydrogen) atoms. The van der Waals surface area contributed by atoms with E-state index in [0.717, 1.165) is 12.3 Å². The molecule has 0 N–H and O–H groups in total. The highest BCUT2D eigenvalue weighted by Crippen LogP contribution is 2.11. The van der Waals surface area contributed by atoms with Crippen LogP contribution in [-0.4, -0.2) is 47.9 Å². The fourth-order valence-electron chi connectivity index (χ4n) is 1.83. The molecule has 1 amide bonds. The van der Waals surface area contributed by atoms with Crippen molar-refractivity contribution in [3.05, 3.63) is 53.2 Å². The van der Waals surface area contributed by atoms with Crippen molar-refractivity contribution in [3.8, 4) is 0 Å². The first-order valence-electron chi connectivity index (χ1n) is 6.64. The molecule has 0 unspecified atom stereocenters. The zero-order chi connectivity index (χ0) is 15.2. The lowest BCUT2D eigenvalue weighted by Crippen LogP contribution is -2.36. The number of amides is 1. The number of hydrogen-bond acceptors (Lipinski definition) is 4. The van der Waals surface area contributed by atoms with Crippen molar-refractivity contribution in [1.29, 1.82) is 0 Å². The van der Waals surface area contributed by atoms with Crippen LogP contribution in [0.5, 0.6) is 0 Å². The van der Waals surface area contributed by atoms with E-state index in [1.165, 1.54) is 6.20 Å². The maximum Gasteiger partial charge on any atom is 0.272 e. The van der Waals surface area contributed by atoms with Crippen LogP contribution in [0.1, 0.15) is 16.2 Å². The van der Waals surface area contributed by atoms with Crippen molar-refractivity contribution in [3.63, 3.8) is 0 Å². The maximum absolute atomic E-state index is 12.6. The van der Waals surface area contributed by atoms with E-state index in [1.807, 2.05) is 31.1 Å². The third kappa shape index (κ3) is 4.58. The molecule has 5 nitrogen and oxygen atoms in total. The van der Waals surface area contributed by atoms with Gasteiger partial charge >= 0.3 is 0 Å². The second kappa shape index (κ2) is 7.24. The molecule has 0 spiro atoms. The summed E-state index contributed by atoms with van der Waals surface area (Å²) in [4.78, 5) is 20.4. The van der Waals surface area contributed by atoms with Gasteiger partial charge in [-0.25, -0.2) is 4.98 Å². The monoisotopic (exact) mass is 307 g/mol. The fourth-order valence-corrected chi connectivity index (χ4v) is 1.94. The van der Waals surface area contributed by atoms with Gasteiger partial charge < -0.3 is 14.2 Å². The van der Waals surface area contributed by atoms with Gasteiger partial charge in [-0.3, -0.25) is 4.79 Å². The van der Waals surface area contributed by atoms with E-state index >= 15 is 0 Å². The summed E-state index contributed by atoms with van der Waals surface area (Å²) in [7, 11) is 3.94. The van der Waals surface area contributed by atoms with Gasteiger partial charge in [-0.05, 0) is 38.4 Å². The molecule has 0 aliphatic carbocycles. The Morgan fingerprint density at radius 1 is 1.29 bits per heavy atom. The van der Waals surface area contributed by atoms with Crippen LogP contribution in [0.15, 0.2) is 41.1 Å². The van der Waals surface area contributed by atoms with Gasteiger partial charge in [-0.2, -0.15) is 0 Å². The van der Waals surface area contributed by atoms with Gasteiger partial charge in [0.2, 0.25) is 0 Å². The lowest BCUT2D eigenvalue weighted by Gasteiger charge is -2.23. The van der Waals surface area contributed by atoms with E-state index < -0.39 is 0 Å². The summed E-state index contributed by atoms with van der Waals surface area (Å²) >= 11 is 5.80. The zero-order valence-corrected chi connectivity index (χ0v) is 12.9. The summed E-state index contributed by atoms with van der Waals surface area (Å²) in [5.74, 6) is 0.612. The van der Waals surface area contributed by atoms with Crippen LogP contribution in [0.2, 0.25) is 5.02 Å². The number of rotatable bonds is 6. The Kier molecular flexibility index (Phi) is 5.36. The van der Waals surface area contributed by atoms with Crippen LogP contribution < -0.4 is 0 Å². The normalized spacial score (nSPS) is 10.9. The number of carbonyl (C=O) groups is 1. The van der Waals surface area contributed by atoms with E-state index in [2.05, 4.69) is 4.98 Å². The van der Waals surface area contributed by atoms with Gasteiger partial charge in [0.25, 0.3) is 5.91 Å². The minimum Gasteiger partial charge on any atom is -0.467 e. The standard InChI is InChI=1S/C15H18ClN3O2/c1-18(2)7-8-19(11-13-4-3-9-21-13)15(20)14-6-5-12(16)10-17-14/h3-6,9-10H,7-8,11H2,1-2H3. The summed E-state index contributed by atoms with van der Waals surface area (Å²) in [6.45, 7) is 1.78. The molecule has 0 atom stereocenters. The zero-order valence-electron chi connectivity index (χ0n) is 12.1. The van der Waals surface area contributed by atoms with Crippen molar-refractivity contribution in [2.75, 3.05) is 27.2 Å². The Morgan fingerprint density at radius 2 is 2.10 bits per heavy atom. The first-order chi connectivity index (χ1) is 10.1. The first kappa shape index (κ1) is 15.5. The topological polar surface area (TPSA) is 49.6 Å². The number of carbonyl (C=O) groups excluding carboxylic acids is 1. The van der Waals surface area contributed by atoms with Crippen molar-refractivity contribution in [1.82, 2.24) is 14.8 Å². The number of pyridine rings is 1. The SMILES string of the molecule is CN(C)CCN(Cc1ccco1)C(=O)c1ccc(Cl)cn1. The van der Waals surface area contributed by atoms with Crippen molar-refractivity contribution >= 4 is 17.5 Å². The second-order valence-corrected chi connectivity index (χ2v) is 5.41. The molecule has 2 aromatic rings. The molecule has 0 bridgehead atoms. The van der Waals surface area contributed by atoms with Gasteiger partial charge in [-0.1, -0.05) is 11.6 Å². The molecule has 2 rings (SSSR count). The molecule has 112 valence electrons. The van der Waals surface area contributed by atoms with Crippen molar-refractivity contribution in [2.24, 2.45) is 0 Å². The average molecular weight is 308 g/mol. The van der Waals surface area contributed by atoms with Crippen LogP contribution in [0.3, 0.4) is 0 Å². The lowest BCUT2D eigenvalue weighted by atomic mass is 10.3. The van der Waals surface area contributed by atoms with Gasteiger partial charge in [-0.15, -0.1) is 0 Å². The Labute approximate surface area is 129 Å². The number of hydrogen-bond donors (Lipinski definition) is 0. The number of likely N-dealkylation sites (N-methyl/N-ethyl adjacent to an activating group) is 1. The largest absolute Gasteiger partial charge is 0.467 e. The first-order valence-corrected chi connectivity index (χ1v) is 7.02. The van der Waals surface area contributed by atoms with E-state index in [-0.39, 0.29) is 5.91 Å². The van der Waals surface area contributed by atoms with Crippen LogP contribution >= 0.6 is 11.6 Å². The molecule has 0 saturated heterocycles. The summed E-state index contributed by atoms with van der Waals surface area (Å²) in [6.07, 6.45) is 3.08. The van der Waals surface area contributed by atoms with E-state index in [9.17, 15) is 4.79 Å². The van der Waals surface area contributed by atoms with Crippen molar-refractivity contribution in [2.45, 2.75) is 6.54 Å². The minimum absolute atomic E-state index is 0.134. The van der Waals surface area contributed by atoms with Gasteiger partial charge in [0.15, 0.2) is 0 Å². The Balaban J connectivity index is 2.12. The molecule has 2 heterocycles. The van der Waals surface area contributed by atoms with Crippen LogP contribution in [0.4, 0.5) is 0 Å². The molecule has 0 fully saturated rings. The highest BCUT2D eigenvalue weighted by atomic mass is 35.5. The molecule has 0 saturated carbocycles. The van der Waals surface area contributed by atoms with Crippen LogP contribution in [0.25, 0.3) is 0 Å². The number of aromatic nitrogens is 1. The highest BCUT2D eigenvalue weighted by molar-refractivity contribution is 6.30. The van der Waals surface area contributed by atoms with Crippen LogP contribution in [-0.2, 0) is 6.54 Å². The molecule has 0 aliphatic rings. The molecular weight excluding hydrogens is 290 g/mol. The third-order valence-electron chi connectivity index (χ3n) is 2.98. The molecule has 2 aromatic heterocycles. The average Bonchev–Trinajstić information content (AvgIpc) is 2.96. The summed E-state index contributed by atoms with van der Waals surface area (Å²) in [5.41, 5.74) is 0.379. The van der Waals surface area contributed by atoms with Gasteiger partial charge in [0, 0.05) is 19.3 Å². The molecule has 0 aromatic carbocycles. The highest BCUT2D eigenvalue weighted by Gasteiger charge is 2.18.